The second-order valence-electron chi connectivity index (χ2n) is 8.58. The Morgan fingerprint density at radius 3 is 2.66 bits per heavy atom. The molecule has 1 aromatic heterocycles. The molecule has 1 aromatic carbocycles. The van der Waals surface area contributed by atoms with Gasteiger partial charge in [-0.1, -0.05) is 25.3 Å². The van der Waals surface area contributed by atoms with E-state index in [0.29, 0.717) is 17.0 Å². The van der Waals surface area contributed by atoms with Crippen molar-refractivity contribution in [1.82, 2.24) is 15.3 Å². The zero-order valence-corrected chi connectivity index (χ0v) is 16.7. The zero-order valence-electron chi connectivity index (χ0n) is 16.7. The Morgan fingerprint density at radius 2 is 1.90 bits per heavy atom. The summed E-state index contributed by atoms with van der Waals surface area (Å²) in [5.74, 6) is 0.355. The van der Waals surface area contributed by atoms with Gasteiger partial charge in [0.1, 0.15) is 0 Å². The fraction of sp³-hybridized carbons (Fsp3) is 0.591. The van der Waals surface area contributed by atoms with Crippen LogP contribution in [0.25, 0.3) is 10.9 Å². The van der Waals surface area contributed by atoms with Gasteiger partial charge in [-0.2, -0.15) is 0 Å². The maximum atomic E-state index is 12.6. The molecule has 1 amide bonds. The van der Waals surface area contributed by atoms with E-state index < -0.39 is 5.60 Å². The first-order chi connectivity index (χ1) is 14.0. The van der Waals surface area contributed by atoms with E-state index in [1.165, 1.54) is 0 Å². The highest BCUT2D eigenvalue weighted by Crippen LogP contribution is 2.27. The third-order valence-electron chi connectivity index (χ3n) is 6.24. The molecule has 2 aliphatic rings. The van der Waals surface area contributed by atoms with Crippen molar-refractivity contribution < 1.29 is 15.0 Å². The maximum absolute atomic E-state index is 12.6. The van der Waals surface area contributed by atoms with Crippen LogP contribution in [-0.4, -0.2) is 50.4 Å². The number of aliphatic hydroxyl groups is 2. The molecule has 0 unspecified atom stereocenters. The summed E-state index contributed by atoms with van der Waals surface area (Å²) < 4.78 is 0. The summed E-state index contributed by atoms with van der Waals surface area (Å²) in [7, 11) is 0. The lowest BCUT2D eigenvalue weighted by Crippen LogP contribution is -2.44. The molecule has 0 radical (unpaired) electrons. The Kier molecular flexibility index (Phi) is 5.96. The largest absolute Gasteiger partial charge is 0.393 e. The minimum Gasteiger partial charge on any atom is -0.393 e. The summed E-state index contributed by atoms with van der Waals surface area (Å²) in [6, 6.07) is 5.65. The second kappa shape index (κ2) is 8.63. The molecule has 0 aliphatic heterocycles. The number of hydrogen-bond donors (Lipinski definition) is 4. The number of aliphatic hydroxyl groups excluding tert-OH is 1. The molecule has 2 fully saturated rings. The predicted octanol–water partition coefficient (Wildman–Crippen LogP) is 2.77. The molecule has 0 saturated heterocycles. The van der Waals surface area contributed by atoms with Gasteiger partial charge in [-0.25, -0.2) is 9.97 Å². The van der Waals surface area contributed by atoms with E-state index >= 15 is 0 Å². The molecule has 2 saturated carbocycles. The van der Waals surface area contributed by atoms with Crippen LogP contribution >= 0.6 is 0 Å². The molecule has 2 aliphatic carbocycles. The van der Waals surface area contributed by atoms with Crippen molar-refractivity contribution in [3.63, 3.8) is 0 Å². The Hall–Kier alpha value is -2.25. The van der Waals surface area contributed by atoms with E-state index in [-0.39, 0.29) is 24.6 Å². The Bertz CT molecular complexity index is 858. The molecule has 7 nitrogen and oxygen atoms in total. The van der Waals surface area contributed by atoms with Gasteiger partial charge in [-0.3, -0.25) is 4.79 Å². The first kappa shape index (κ1) is 20.0. The van der Waals surface area contributed by atoms with Gasteiger partial charge in [-0.15, -0.1) is 0 Å². The topological polar surface area (TPSA) is 107 Å². The fourth-order valence-corrected chi connectivity index (χ4v) is 4.37. The third-order valence-corrected chi connectivity index (χ3v) is 6.24. The molecule has 29 heavy (non-hydrogen) atoms. The van der Waals surface area contributed by atoms with Crippen LogP contribution < -0.4 is 10.6 Å². The summed E-state index contributed by atoms with van der Waals surface area (Å²) in [5, 5.41) is 27.3. The number of nitrogens with zero attached hydrogens (tertiary/aromatic N) is 2. The number of anilines is 1. The molecular weight excluding hydrogens is 368 g/mol. The monoisotopic (exact) mass is 398 g/mol. The van der Waals surface area contributed by atoms with E-state index in [1.807, 2.05) is 6.07 Å². The number of carbonyl (C=O) groups is 1. The number of hydrogen-bond acceptors (Lipinski definition) is 6. The second-order valence-corrected chi connectivity index (χ2v) is 8.58. The van der Waals surface area contributed by atoms with Crippen LogP contribution in [0.5, 0.6) is 0 Å². The number of amides is 1. The summed E-state index contributed by atoms with van der Waals surface area (Å²) in [6.45, 7) is 0.286. The molecule has 7 heteroatoms. The summed E-state index contributed by atoms with van der Waals surface area (Å²) in [4.78, 5) is 21.6. The van der Waals surface area contributed by atoms with Crippen molar-refractivity contribution in [3.8, 4) is 0 Å². The van der Waals surface area contributed by atoms with Gasteiger partial charge in [0.2, 0.25) is 5.95 Å². The first-order valence-electron chi connectivity index (χ1n) is 10.7. The van der Waals surface area contributed by atoms with Crippen LogP contribution in [0.1, 0.15) is 68.1 Å². The number of carbonyl (C=O) groups excluding carboxylic acids is 1. The van der Waals surface area contributed by atoms with Crippen LogP contribution in [0.15, 0.2) is 24.4 Å². The average molecular weight is 399 g/mol. The molecule has 156 valence electrons. The molecule has 0 bridgehead atoms. The van der Waals surface area contributed by atoms with Crippen LogP contribution in [0.4, 0.5) is 5.95 Å². The highest BCUT2D eigenvalue weighted by atomic mass is 16.3. The minimum absolute atomic E-state index is 0.194. The maximum Gasteiger partial charge on any atom is 0.251 e. The number of rotatable bonds is 5. The average Bonchev–Trinajstić information content (AvgIpc) is 2.74. The Morgan fingerprint density at radius 1 is 1.14 bits per heavy atom. The molecule has 0 spiro atoms. The lowest BCUT2D eigenvalue weighted by Gasteiger charge is -2.32. The van der Waals surface area contributed by atoms with Gasteiger partial charge in [0.25, 0.3) is 5.91 Å². The van der Waals surface area contributed by atoms with Gasteiger partial charge in [-0.05, 0) is 50.7 Å². The van der Waals surface area contributed by atoms with Gasteiger partial charge in [0.05, 0.1) is 17.2 Å². The Labute approximate surface area is 170 Å². The molecule has 1 heterocycles. The lowest BCUT2D eigenvalue weighted by atomic mass is 9.85. The van der Waals surface area contributed by atoms with Crippen molar-refractivity contribution >= 4 is 22.8 Å². The van der Waals surface area contributed by atoms with Crippen LogP contribution in [0.3, 0.4) is 0 Å². The zero-order chi connectivity index (χ0) is 20.3. The number of benzene rings is 1. The standard InChI is InChI=1S/C22H30N4O3/c27-18-8-6-17(7-9-18)25-21-23-13-16-5-4-15(12-19(16)26-21)20(28)24-14-22(29)10-2-1-3-11-22/h4-5,12-13,17-18,27,29H,1-3,6-11,14H2,(H,24,28)(H,23,25,26). The summed E-state index contributed by atoms with van der Waals surface area (Å²) >= 11 is 0. The molecule has 2 aromatic rings. The van der Waals surface area contributed by atoms with E-state index in [0.717, 1.165) is 63.2 Å². The predicted molar refractivity (Wildman–Crippen MR) is 112 cm³/mol. The van der Waals surface area contributed by atoms with Gasteiger partial charge >= 0.3 is 0 Å². The Balaban J connectivity index is 1.42. The van der Waals surface area contributed by atoms with Gasteiger partial charge < -0.3 is 20.8 Å². The summed E-state index contributed by atoms with van der Waals surface area (Å²) in [5.41, 5.74) is 0.460. The minimum atomic E-state index is -0.780. The number of nitrogens with one attached hydrogen (secondary N) is 2. The number of fused-ring (bicyclic) bond motifs is 1. The summed E-state index contributed by atoms with van der Waals surface area (Å²) in [6.07, 6.45) is 9.60. The first-order valence-corrected chi connectivity index (χ1v) is 10.7. The van der Waals surface area contributed by atoms with E-state index in [9.17, 15) is 15.0 Å². The molecule has 4 rings (SSSR count). The SMILES string of the molecule is O=C(NCC1(O)CCCCC1)c1ccc2cnc(NC3CCC(O)CC3)nc2c1. The van der Waals surface area contributed by atoms with Crippen molar-refractivity contribution in [2.24, 2.45) is 0 Å². The third kappa shape index (κ3) is 5.03. The van der Waals surface area contributed by atoms with Crippen LogP contribution in [0.2, 0.25) is 0 Å². The van der Waals surface area contributed by atoms with Crippen molar-refractivity contribution in [3.05, 3.63) is 30.0 Å². The number of aromatic nitrogens is 2. The molecule has 4 N–H and O–H groups in total. The van der Waals surface area contributed by atoms with E-state index in [4.69, 9.17) is 0 Å². The highest BCUT2D eigenvalue weighted by Gasteiger charge is 2.29. The van der Waals surface area contributed by atoms with Crippen LogP contribution in [0, 0.1) is 0 Å². The highest BCUT2D eigenvalue weighted by molar-refractivity contribution is 5.97. The molecule has 0 atom stereocenters. The molecular formula is C22H30N4O3. The lowest BCUT2D eigenvalue weighted by molar-refractivity contribution is 0.00526. The van der Waals surface area contributed by atoms with E-state index in [2.05, 4.69) is 20.6 Å². The van der Waals surface area contributed by atoms with Gasteiger partial charge in [0.15, 0.2) is 0 Å². The van der Waals surface area contributed by atoms with Crippen molar-refractivity contribution in [2.45, 2.75) is 75.5 Å². The smallest absolute Gasteiger partial charge is 0.251 e. The van der Waals surface area contributed by atoms with Gasteiger partial charge in [0, 0.05) is 29.7 Å². The normalized spacial score (nSPS) is 24.2. The van der Waals surface area contributed by atoms with Crippen molar-refractivity contribution in [1.29, 1.82) is 0 Å². The fourth-order valence-electron chi connectivity index (χ4n) is 4.37. The van der Waals surface area contributed by atoms with Crippen molar-refractivity contribution in [2.75, 3.05) is 11.9 Å². The van der Waals surface area contributed by atoms with Crippen LogP contribution in [-0.2, 0) is 0 Å². The quantitative estimate of drug-likeness (QED) is 0.617. The van der Waals surface area contributed by atoms with E-state index in [1.54, 1.807) is 18.3 Å².